The third-order valence-electron chi connectivity index (χ3n) is 5.27. The molecule has 3 aromatic rings. The summed E-state index contributed by atoms with van der Waals surface area (Å²) in [5, 5.41) is 18.0. The normalized spacial score (nSPS) is 16.9. The summed E-state index contributed by atoms with van der Waals surface area (Å²) in [7, 11) is 0. The quantitative estimate of drug-likeness (QED) is 0.742. The number of amides is 1. The van der Waals surface area contributed by atoms with Crippen LogP contribution in [0.1, 0.15) is 36.2 Å². The molecule has 144 valence electrons. The van der Waals surface area contributed by atoms with Gasteiger partial charge in [0.1, 0.15) is 5.69 Å². The molecule has 1 aromatic heterocycles. The van der Waals surface area contributed by atoms with E-state index in [0.29, 0.717) is 24.4 Å². The molecule has 4 rings (SSSR count). The lowest BCUT2D eigenvalue weighted by Gasteiger charge is -2.35. The number of carbonyl (C=O) groups is 1. The third kappa shape index (κ3) is 3.55. The molecular weight excluding hydrogens is 352 g/mol. The van der Waals surface area contributed by atoms with Gasteiger partial charge in [0.25, 0.3) is 5.91 Å². The fraction of sp³-hybridized carbons (Fsp3) is 0.318. The van der Waals surface area contributed by atoms with E-state index in [2.05, 4.69) is 10.3 Å². The molecular formula is C22H24N4O2. The molecule has 6 nitrogen and oxygen atoms in total. The van der Waals surface area contributed by atoms with Crippen LogP contribution in [0.3, 0.4) is 0 Å². The summed E-state index contributed by atoms with van der Waals surface area (Å²) in [4.78, 5) is 15.3. The minimum atomic E-state index is -0.112. The Labute approximate surface area is 164 Å². The second-order valence-electron chi connectivity index (χ2n) is 7.06. The average molecular weight is 376 g/mol. The van der Waals surface area contributed by atoms with Crippen molar-refractivity contribution in [2.75, 3.05) is 13.2 Å². The molecule has 1 fully saturated rings. The molecule has 1 amide bonds. The molecule has 2 heterocycles. The maximum Gasteiger partial charge on any atom is 0.276 e. The van der Waals surface area contributed by atoms with Gasteiger partial charge in [-0.05, 0) is 37.8 Å². The fourth-order valence-corrected chi connectivity index (χ4v) is 3.88. The van der Waals surface area contributed by atoms with Crippen LogP contribution in [0, 0.1) is 0 Å². The van der Waals surface area contributed by atoms with Gasteiger partial charge in [0.2, 0.25) is 0 Å². The zero-order valence-electron chi connectivity index (χ0n) is 15.7. The largest absolute Gasteiger partial charge is 0.396 e. The van der Waals surface area contributed by atoms with Crippen LogP contribution in [-0.4, -0.2) is 50.1 Å². The maximum absolute atomic E-state index is 13.5. The molecule has 0 bridgehead atoms. The van der Waals surface area contributed by atoms with Gasteiger partial charge in [-0.25, -0.2) is 4.68 Å². The third-order valence-corrected chi connectivity index (χ3v) is 5.27. The van der Waals surface area contributed by atoms with Gasteiger partial charge >= 0.3 is 0 Å². The Bertz CT molecular complexity index is 922. The Morgan fingerprint density at radius 2 is 1.75 bits per heavy atom. The van der Waals surface area contributed by atoms with Gasteiger partial charge in [0.05, 0.1) is 5.69 Å². The fourth-order valence-electron chi connectivity index (χ4n) is 3.88. The second kappa shape index (κ2) is 8.35. The Kier molecular flexibility index (Phi) is 5.48. The van der Waals surface area contributed by atoms with E-state index in [-0.39, 0.29) is 18.6 Å². The number of carbonyl (C=O) groups excluding carboxylic acids is 1. The van der Waals surface area contributed by atoms with Crippen LogP contribution in [0.4, 0.5) is 0 Å². The minimum absolute atomic E-state index is 0.0525. The van der Waals surface area contributed by atoms with Gasteiger partial charge in [-0.2, -0.15) is 0 Å². The predicted octanol–water partition coefficient (Wildman–Crippen LogP) is 3.31. The van der Waals surface area contributed by atoms with Gasteiger partial charge in [0, 0.05) is 24.8 Å². The van der Waals surface area contributed by atoms with Crippen molar-refractivity contribution in [3.63, 3.8) is 0 Å². The summed E-state index contributed by atoms with van der Waals surface area (Å²) >= 11 is 0. The molecule has 1 aliphatic heterocycles. The van der Waals surface area contributed by atoms with E-state index in [4.69, 9.17) is 0 Å². The van der Waals surface area contributed by atoms with E-state index in [9.17, 15) is 9.90 Å². The maximum atomic E-state index is 13.5. The zero-order valence-corrected chi connectivity index (χ0v) is 15.7. The van der Waals surface area contributed by atoms with Crippen LogP contribution in [-0.2, 0) is 0 Å². The van der Waals surface area contributed by atoms with Gasteiger partial charge in [-0.3, -0.25) is 4.79 Å². The first-order valence-electron chi connectivity index (χ1n) is 9.78. The summed E-state index contributed by atoms with van der Waals surface area (Å²) in [6, 6.07) is 19.6. The molecule has 1 unspecified atom stereocenters. The average Bonchev–Trinajstić information content (AvgIpc) is 3.20. The number of benzene rings is 2. The molecule has 1 atom stereocenters. The summed E-state index contributed by atoms with van der Waals surface area (Å²) in [6.45, 7) is 0.770. The van der Waals surface area contributed by atoms with Gasteiger partial charge in [-0.1, -0.05) is 53.7 Å². The number of aromatic nitrogens is 3. The Morgan fingerprint density at radius 3 is 2.46 bits per heavy atom. The van der Waals surface area contributed by atoms with E-state index >= 15 is 0 Å². The summed E-state index contributed by atoms with van der Waals surface area (Å²) in [6.07, 6.45) is 3.57. The Morgan fingerprint density at radius 1 is 1.04 bits per heavy atom. The molecule has 0 aliphatic carbocycles. The van der Waals surface area contributed by atoms with Crippen LogP contribution in [0.5, 0.6) is 0 Å². The topological polar surface area (TPSA) is 71.2 Å². The first-order valence-corrected chi connectivity index (χ1v) is 9.78. The summed E-state index contributed by atoms with van der Waals surface area (Å²) in [5.74, 6) is -0.112. The second-order valence-corrected chi connectivity index (χ2v) is 7.06. The van der Waals surface area contributed by atoms with Crippen LogP contribution < -0.4 is 0 Å². The molecule has 6 heteroatoms. The van der Waals surface area contributed by atoms with E-state index < -0.39 is 0 Å². The predicted molar refractivity (Wildman–Crippen MR) is 107 cm³/mol. The summed E-state index contributed by atoms with van der Waals surface area (Å²) in [5.41, 5.74) is 2.82. The lowest BCUT2D eigenvalue weighted by atomic mass is 9.98. The SMILES string of the molecule is O=C(c1nnn(-c2ccccc2)c1-c1ccccc1)N1CCCCC1CCO. The van der Waals surface area contributed by atoms with Crippen molar-refractivity contribution in [1.29, 1.82) is 0 Å². The number of aliphatic hydroxyl groups is 1. The highest BCUT2D eigenvalue weighted by molar-refractivity contribution is 5.98. The van der Waals surface area contributed by atoms with Gasteiger partial charge in [0.15, 0.2) is 5.69 Å². The van der Waals surface area contributed by atoms with E-state index in [1.54, 1.807) is 4.68 Å². The van der Waals surface area contributed by atoms with Crippen molar-refractivity contribution in [2.24, 2.45) is 0 Å². The van der Waals surface area contributed by atoms with Gasteiger partial charge < -0.3 is 10.0 Å². The monoisotopic (exact) mass is 376 g/mol. The smallest absolute Gasteiger partial charge is 0.276 e. The highest BCUT2D eigenvalue weighted by Crippen LogP contribution is 2.28. The first kappa shape index (κ1) is 18.4. The van der Waals surface area contributed by atoms with Crippen molar-refractivity contribution in [3.8, 4) is 16.9 Å². The highest BCUT2D eigenvalue weighted by Gasteiger charge is 2.31. The number of hydrogen-bond donors (Lipinski definition) is 1. The Hall–Kier alpha value is -2.99. The summed E-state index contributed by atoms with van der Waals surface area (Å²) < 4.78 is 1.73. The van der Waals surface area contributed by atoms with Gasteiger partial charge in [-0.15, -0.1) is 5.10 Å². The minimum Gasteiger partial charge on any atom is -0.396 e. The number of likely N-dealkylation sites (tertiary alicyclic amines) is 1. The van der Waals surface area contributed by atoms with Crippen LogP contribution >= 0.6 is 0 Å². The van der Waals surface area contributed by atoms with E-state index in [0.717, 1.165) is 30.5 Å². The number of aliphatic hydroxyl groups excluding tert-OH is 1. The molecule has 1 N–H and O–H groups in total. The van der Waals surface area contributed by atoms with Crippen LogP contribution in [0.2, 0.25) is 0 Å². The van der Waals surface area contributed by atoms with Crippen molar-refractivity contribution >= 4 is 5.91 Å². The number of piperidine rings is 1. The van der Waals surface area contributed by atoms with Crippen LogP contribution in [0.15, 0.2) is 60.7 Å². The van der Waals surface area contributed by atoms with Crippen molar-refractivity contribution in [3.05, 3.63) is 66.4 Å². The molecule has 0 saturated carbocycles. The highest BCUT2D eigenvalue weighted by atomic mass is 16.3. The van der Waals surface area contributed by atoms with Crippen molar-refractivity contribution in [1.82, 2.24) is 19.9 Å². The number of nitrogens with zero attached hydrogens (tertiary/aromatic N) is 4. The molecule has 0 radical (unpaired) electrons. The number of rotatable bonds is 5. The standard InChI is InChI=1S/C22H24N4O2/c27-16-14-18-11-7-8-15-25(18)22(28)20-21(17-9-3-1-4-10-17)26(24-23-20)19-12-5-2-6-13-19/h1-6,9-10,12-13,18,27H,7-8,11,14-16H2. The molecule has 28 heavy (non-hydrogen) atoms. The van der Waals surface area contributed by atoms with Crippen molar-refractivity contribution < 1.29 is 9.90 Å². The zero-order chi connectivity index (χ0) is 19.3. The van der Waals surface area contributed by atoms with E-state index in [1.807, 2.05) is 65.6 Å². The molecule has 1 saturated heterocycles. The molecule has 0 spiro atoms. The molecule has 2 aromatic carbocycles. The lowest BCUT2D eigenvalue weighted by molar-refractivity contribution is 0.0569. The Balaban J connectivity index is 1.79. The lowest BCUT2D eigenvalue weighted by Crippen LogP contribution is -2.44. The van der Waals surface area contributed by atoms with Crippen molar-refractivity contribution in [2.45, 2.75) is 31.7 Å². The van der Waals surface area contributed by atoms with E-state index in [1.165, 1.54) is 0 Å². The molecule has 1 aliphatic rings. The number of hydrogen-bond acceptors (Lipinski definition) is 4. The first-order chi connectivity index (χ1) is 13.8. The van der Waals surface area contributed by atoms with Crippen LogP contribution in [0.25, 0.3) is 16.9 Å². The number of para-hydroxylation sites is 1.